The number of hydrogen-bond acceptors (Lipinski definition) is 2. The highest BCUT2D eigenvalue weighted by Crippen LogP contribution is 2.13. The predicted molar refractivity (Wildman–Crippen MR) is 95.6 cm³/mol. The lowest BCUT2D eigenvalue weighted by atomic mass is 10.1. The van der Waals surface area contributed by atoms with Crippen LogP contribution in [0.5, 0.6) is 0 Å². The summed E-state index contributed by atoms with van der Waals surface area (Å²) in [5.41, 5.74) is 2.24. The van der Waals surface area contributed by atoms with E-state index in [0.29, 0.717) is 12.1 Å². The Morgan fingerprint density at radius 2 is 1.68 bits per heavy atom. The minimum absolute atomic E-state index is 0.164. The second-order valence-electron chi connectivity index (χ2n) is 4.58. The van der Waals surface area contributed by atoms with E-state index in [1.165, 1.54) is 6.08 Å². The van der Waals surface area contributed by atoms with Gasteiger partial charge in [-0.3, -0.25) is 9.59 Å². The molecule has 0 aliphatic rings. The second-order valence-corrected chi connectivity index (χ2v) is 5.83. The number of rotatable bonds is 5. The number of halogens is 1. The van der Waals surface area contributed by atoms with E-state index in [-0.39, 0.29) is 11.8 Å². The summed E-state index contributed by atoms with van der Waals surface area (Å²) in [6, 6.07) is 14.7. The van der Waals surface area contributed by atoms with Crippen LogP contribution in [-0.4, -0.2) is 11.8 Å². The maximum atomic E-state index is 12.1. The Kier molecular flexibility index (Phi) is 5.71. The number of carbonyl (C=O) groups is 2. The number of carbonyl (C=O) groups excluding carboxylic acids is 2. The van der Waals surface area contributed by atoms with Crippen LogP contribution < -0.4 is 10.6 Å². The topological polar surface area (TPSA) is 58.2 Å². The van der Waals surface area contributed by atoms with E-state index in [4.69, 9.17) is 0 Å². The molecule has 2 aromatic rings. The fraction of sp³-hybridized carbons (Fsp3) is 0.0588. The van der Waals surface area contributed by atoms with E-state index in [1.54, 1.807) is 12.1 Å². The third kappa shape index (κ3) is 4.70. The Bertz CT molecular complexity index is 679. The minimum atomic E-state index is -0.222. The molecule has 0 aromatic heterocycles. The molecular formula is C17H15IN2O2. The third-order valence-corrected chi connectivity index (χ3v) is 3.69. The fourth-order valence-corrected chi connectivity index (χ4v) is 2.13. The van der Waals surface area contributed by atoms with Crippen molar-refractivity contribution < 1.29 is 9.59 Å². The number of anilines is 1. The van der Waals surface area contributed by atoms with Crippen molar-refractivity contribution in [3.05, 3.63) is 75.9 Å². The van der Waals surface area contributed by atoms with Gasteiger partial charge in [-0.1, -0.05) is 18.7 Å². The van der Waals surface area contributed by atoms with Gasteiger partial charge in [-0.2, -0.15) is 0 Å². The average Bonchev–Trinajstić information content (AvgIpc) is 2.55. The zero-order chi connectivity index (χ0) is 15.9. The summed E-state index contributed by atoms with van der Waals surface area (Å²) < 4.78 is 1.11. The lowest BCUT2D eigenvalue weighted by Gasteiger charge is -2.07. The molecule has 4 nitrogen and oxygen atoms in total. The second kappa shape index (κ2) is 7.74. The minimum Gasteiger partial charge on any atom is -0.348 e. The molecule has 0 spiro atoms. The zero-order valence-electron chi connectivity index (χ0n) is 11.8. The van der Waals surface area contributed by atoms with Crippen LogP contribution in [-0.2, 0) is 11.3 Å². The summed E-state index contributed by atoms with van der Waals surface area (Å²) in [6.45, 7) is 3.80. The van der Waals surface area contributed by atoms with Gasteiger partial charge in [-0.15, -0.1) is 0 Å². The van der Waals surface area contributed by atoms with Crippen molar-refractivity contribution in [3.63, 3.8) is 0 Å². The molecule has 2 rings (SSSR count). The van der Waals surface area contributed by atoms with Gasteiger partial charge in [-0.05, 0) is 70.6 Å². The molecule has 2 N–H and O–H groups in total. The maximum Gasteiger partial charge on any atom is 0.255 e. The summed E-state index contributed by atoms with van der Waals surface area (Å²) in [5.74, 6) is -0.386. The van der Waals surface area contributed by atoms with Gasteiger partial charge in [0.05, 0.1) is 0 Å². The van der Waals surface area contributed by atoms with Crippen LogP contribution in [0.4, 0.5) is 5.69 Å². The van der Waals surface area contributed by atoms with Gasteiger partial charge in [0, 0.05) is 21.4 Å². The molecule has 0 unspecified atom stereocenters. The molecule has 0 atom stereocenters. The van der Waals surface area contributed by atoms with E-state index in [1.807, 2.05) is 36.4 Å². The Hall–Kier alpha value is -2.15. The highest BCUT2D eigenvalue weighted by molar-refractivity contribution is 14.1. The molecule has 112 valence electrons. The molecular weight excluding hydrogens is 391 g/mol. The molecule has 2 aromatic carbocycles. The van der Waals surface area contributed by atoms with Crippen molar-refractivity contribution in [3.8, 4) is 0 Å². The summed E-state index contributed by atoms with van der Waals surface area (Å²) in [5, 5.41) is 5.52. The van der Waals surface area contributed by atoms with Gasteiger partial charge in [0.15, 0.2) is 0 Å². The molecule has 2 amide bonds. The lowest BCUT2D eigenvalue weighted by Crippen LogP contribution is -2.20. The molecule has 5 heteroatoms. The van der Waals surface area contributed by atoms with E-state index >= 15 is 0 Å². The van der Waals surface area contributed by atoms with Crippen LogP contribution in [0.2, 0.25) is 0 Å². The molecule has 0 aliphatic carbocycles. The predicted octanol–water partition coefficient (Wildman–Crippen LogP) is 3.35. The van der Waals surface area contributed by atoms with Crippen LogP contribution in [0.1, 0.15) is 15.9 Å². The summed E-state index contributed by atoms with van der Waals surface area (Å²) in [7, 11) is 0. The van der Waals surface area contributed by atoms with E-state index in [2.05, 4.69) is 39.8 Å². The Morgan fingerprint density at radius 3 is 2.27 bits per heavy atom. The first kappa shape index (κ1) is 16.2. The van der Waals surface area contributed by atoms with Gasteiger partial charge in [-0.25, -0.2) is 0 Å². The van der Waals surface area contributed by atoms with Crippen molar-refractivity contribution in [1.82, 2.24) is 5.32 Å². The van der Waals surface area contributed by atoms with Crippen molar-refractivity contribution in [2.24, 2.45) is 0 Å². The smallest absolute Gasteiger partial charge is 0.255 e. The van der Waals surface area contributed by atoms with Crippen molar-refractivity contribution in [2.75, 3.05) is 5.32 Å². The van der Waals surface area contributed by atoms with Crippen LogP contribution in [0.3, 0.4) is 0 Å². The Labute approximate surface area is 142 Å². The number of hydrogen-bond donors (Lipinski definition) is 2. The highest BCUT2D eigenvalue weighted by atomic mass is 127. The molecule has 0 fully saturated rings. The quantitative estimate of drug-likeness (QED) is 0.591. The summed E-state index contributed by atoms with van der Waals surface area (Å²) >= 11 is 2.21. The Balaban J connectivity index is 1.97. The largest absolute Gasteiger partial charge is 0.348 e. The number of benzene rings is 2. The molecule has 0 bridgehead atoms. The molecule has 0 heterocycles. The van der Waals surface area contributed by atoms with Gasteiger partial charge in [0.2, 0.25) is 5.91 Å². The highest BCUT2D eigenvalue weighted by Gasteiger charge is 2.06. The summed E-state index contributed by atoms with van der Waals surface area (Å²) in [4.78, 5) is 23.2. The van der Waals surface area contributed by atoms with E-state index < -0.39 is 0 Å². The lowest BCUT2D eigenvalue weighted by molar-refractivity contribution is -0.116. The first-order chi connectivity index (χ1) is 10.6. The normalized spacial score (nSPS) is 9.86. The molecule has 0 saturated carbocycles. The van der Waals surface area contributed by atoms with Gasteiger partial charge >= 0.3 is 0 Å². The van der Waals surface area contributed by atoms with Crippen LogP contribution in [0.15, 0.2) is 61.2 Å². The van der Waals surface area contributed by atoms with Crippen molar-refractivity contribution in [1.29, 1.82) is 0 Å². The molecule has 0 saturated heterocycles. The van der Waals surface area contributed by atoms with Crippen molar-refractivity contribution >= 4 is 40.1 Å². The fourth-order valence-electron chi connectivity index (χ4n) is 1.77. The SMILES string of the molecule is C=CC(=O)NCc1ccc(C(=O)Nc2ccc(I)cc2)cc1. The standard InChI is InChI=1S/C17H15IN2O2/c1-2-16(21)19-11-12-3-5-13(6-4-12)17(22)20-15-9-7-14(18)8-10-15/h2-10H,1,11H2,(H,19,21)(H,20,22). The molecule has 0 aliphatic heterocycles. The first-order valence-electron chi connectivity index (χ1n) is 6.64. The van der Waals surface area contributed by atoms with E-state index in [0.717, 1.165) is 14.8 Å². The maximum absolute atomic E-state index is 12.1. The summed E-state index contributed by atoms with van der Waals surface area (Å²) in [6.07, 6.45) is 1.23. The number of nitrogens with one attached hydrogen (secondary N) is 2. The number of amides is 2. The molecule has 0 radical (unpaired) electrons. The van der Waals surface area contributed by atoms with Gasteiger partial charge in [0.25, 0.3) is 5.91 Å². The average molecular weight is 406 g/mol. The van der Waals surface area contributed by atoms with E-state index in [9.17, 15) is 9.59 Å². The monoisotopic (exact) mass is 406 g/mol. The molecule has 22 heavy (non-hydrogen) atoms. The van der Waals surface area contributed by atoms with Crippen LogP contribution >= 0.6 is 22.6 Å². The van der Waals surface area contributed by atoms with Gasteiger partial charge < -0.3 is 10.6 Å². The van der Waals surface area contributed by atoms with Crippen LogP contribution in [0, 0.1) is 3.57 Å². The zero-order valence-corrected chi connectivity index (χ0v) is 14.0. The third-order valence-electron chi connectivity index (χ3n) is 2.97. The van der Waals surface area contributed by atoms with Crippen molar-refractivity contribution in [2.45, 2.75) is 6.54 Å². The van der Waals surface area contributed by atoms with Crippen LogP contribution in [0.25, 0.3) is 0 Å². The first-order valence-corrected chi connectivity index (χ1v) is 7.72. The Morgan fingerprint density at radius 1 is 1.05 bits per heavy atom. The van der Waals surface area contributed by atoms with Gasteiger partial charge in [0.1, 0.15) is 0 Å².